The Kier molecular flexibility index (Phi) is 4.51. The minimum Gasteiger partial charge on any atom is -0.481 e. The van der Waals surface area contributed by atoms with E-state index in [-0.39, 0.29) is 24.5 Å². The van der Waals surface area contributed by atoms with Gasteiger partial charge >= 0.3 is 5.97 Å². The first kappa shape index (κ1) is 16.0. The van der Waals surface area contributed by atoms with Crippen molar-refractivity contribution in [3.05, 3.63) is 46.2 Å². The van der Waals surface area contributed by atoms with Gasteiger partial charge in [-0.25, -0.2) is 0 Å². The van der Waals surface area contributed by atoms with Crippen molar-refractivity contribution in [2.45, 2.75) is 6.42 Å². The highest BCUT2D eigenvalue weighted by Crippen LogP contribution is 2.19. The quantitative estimate of drug-likeness (QED) is 0.876. The molecule has 0 aliphatic carbocycles. The number of nitrogens with one attached hydrogen (secondary N) is 1. The average Bonchev–Trinajstić information content (AvgIpc) is 2.96. The lowest BCUT2D eigenvalue weighted by Gasteiger charge is -2.15. The summed E-state index contributed by atoms with van der Waals surface area (Å²) in [6.45, 7) is 0.516. The van der Waals surface area contributed by atoms with Crippen molar-refractivity contribution in [1.29, 1.82) is 0 Å². The van der Waals surface area contributed by atoms with Crippen LogP contribution < -0.4 is 5.56 Å². The molecule has 0 radical (unpaired) electrons. The zero-order valence-corrected chi connectivity index (χ0v) is 12.4. The van der Waals surface area contributed by atoms with Crippen molar-refractivity contribution in [2.75, 3.05) is 13.1 Å². The van der Waals surface area contributed by atoms with Gasteiger partial charge in [0.05, 0.1) is 5.92 Å². The van der Waals surface area contributed by atoms with E-state index in [1.165, 1.54) is 4.90 Å². The SMILES string of the molecule is Cl.O=C(O)C1CCN(C(=O)c2cc3ccccc3[nH]c2=O)C1. The standard InChI is InChI=1S/C15H14N2O4.ClH/c18-13-11(7-9-3-1-2-4-12(9)16-13)14(19)17-6-5-10(8-17)15(20)21;/h1-4,7,10H,5-6,8H2,(H,16,18)(H,20,21);1H. The summed E-state index contributed by atoms with van der Waals surface area (Å²) in [5.41, 5.74) is 0.279. The van der Waals surface area contributed by atoms with Crippen molar-refractivity contribution in [1.82, 2.24) is 9.88 Å². The molecule has 2 aromatic rings. The molecule has 2 N–H and O–H groups in total. The summed E-state index contributed by atoms with van der Waals surface area (Å²) in [5.74, 6) is -1.86. The number of pyridine rings is 1. The van der Waals surface area contributed by atoms with Crippen molar-refractivity contribution in [2.24, 2.45) is 5.92 Å². The fourth-order valence-electron chi connectivity index (χ4n) is 2.62. The number of halogens is 1. The second kappa shape index (κ2) is 6.19. The summed E-state index contributed by atoms with van der Waals surface area (Å²) in [5, 5.41) is 9.75. The van der Waals surface area contributed by atoms with Crippen molar-refractivity contribution >= 4 is 35.2 Å². The number of para-hydroxylation sites is 1. The first-order chi connectivity index (χ1) is 10.1. The fraction of sp³-hybridized carbons (Fsp3) is 0.267. The number of rotatable bonds is 2. The van der Waals surface area contributed by atoms with E-state index in [9.17, 15) is 14.4 Å². The number of hydrogen-bond acceptors (Lipinski definition) is 3. The molecule has 1 atom stereocenters. The smallest absolute Gasteiger partial charge is 0.308 e. The second-order valence-corrected chi connectivity index (χ2v) is 5.17. The van der Waals surface area contributed by atoms with Gasteiger partial charge in [0.2, 0.25) is 0 Å². The first-order valence-electron chi connectivity index (χ1n) is 6.70. The van der Waals surface area contributed by atoms with Crippen molar-refractivity contribution in [3.63, 3.8) is 0 Å². The lowest BCUT2D eigenvalue weighted by molar-refractivity contribution is -0.141. The minimum atomic E-state index is -0.905. The lowest BCUT2D eigenvalue weighted by atomic mass is 10.1. The first-order valence-corrected chi connectivity index (χ1v) is 6.70. The Labute approximate surface area is 132 Å². The molecular weight excluding hydrogens is 308 g/mol. The maximum Gasteiger partial charge on any atom is 0.308 e. The minimum absolute atomic E-state index is 0. The fourth-order valence-corrected chi connectivity index (χ4v) is 2.62. The second-order valence-electron chi connectivity index (χ2n) is 5.17. The van der Waals surface area contributed by atoms with Gasteiger partial charge in [-0.2, -0.15) is 0 Å². The molecular formula is C15H15ClN2O4. The molecule has 7 heteroatoms. The Hall–Kier alpha value is -2.34. The number of hydrogen-bond donors (Lipinski definition) is 2. The van der Waals surface area contributed by atoms with E-state index in [1.807, 2.05) is 12.1 Å². The molecule has 6 nitrogen and oxygen atoms in total. The van der Waals surface area contributed by atoms with Crippen LogP contribution in [0.15, 0.2) is 35.1 Å². The zero-order chi connectivity index (χ0) is 15.0. The van der Waals surface area contributed by atoms with Crippen molar-refractivity contribution in [3.8, 4) is 0 Å². The topological polar surface area (TPSA) is 90.5 Å². The number of benzene rings is 1. The van der Waals surface area contributed by atoms with Crippen LogP contribution in [0, 0.1) is 5.92 Å². The molecule has 1 amide bonds. The highest BCUT2D eigenvalue weighted by atomic mass is 35.5. The van der Waals surface area contributed by atoms with Crippen LogP contribution in [0.25, 0.3) is 10.9 Å². The van der Waals surface area contributed by atoms with Crippen LogP contribution >= 0.6 is 12.4 Å². The maximum atomic E-state index is 12.4. The number of carboxylic acids is 1. The predicted octanol–water partition coefficient (Wildman–Crippen LogP) is 1.50. The van der Waals surface area contributed by atoms with Crippen LogP contribution in [0.3, 0.4) is 0 Å². The highest BCUT2D eigenvalue weighted by Gasteiger charge is 2.32. The maximum absolute atomic E-state index is 12.4. The number of fused-ring (bicyclic) bond motifs is 1. The number of aromatic amines is 1. The van der Waals surface area contributed by atoms with Gasteiger partial charge in [-0.05, 0) is 23.9 Å². The van der Waals surface area contributed by atoms with Crippen LogP contribution in [0.4, 0.5) is 0 Å². The van der Waals surface area contributed by atoms with Gasteiger partial charge in [0.15, 0.2) is 0 Å². The molecule has 0 saturated carbocycles. The van der Waals surface area contributed by atoms with E-state index in [1.54, 1.807) is 18.2 Å². The van der Waals surface area contributed by atoms with E-state index in [0.717, 1.165) is 5.39 Å². The zero-order valence-electron chi connectivity index (χ0n) is 11.6. The summed E-state index contributed by atoms with van der Waals surface area (Å²) in [7, 11) is 0. The number of carbonyl (C=O) groups excluding carboxylic acids is 1. The molecule has 0 spiro atoms. The van der Waals surface area contributed by atoms with Gasteiger partial charge < -0.3 is 15.0 Å². The van der Waals surface area contributed by atoms with Gasteiger partial charge in [0.1, 0.15) is 5.56 Å². The molecule has 2 heterocycles. The third kappa shape index (κ3) is 2.82. The van der Waals surface area contributed by atoms with E-state index in [2.05, 4.69) is 4.98 Å². The van der Waals surface area contributed by atoms with Crippen LogP contribution in [0.2, 0.25) is 0 Å². The number of aromatic nitrogens is 1. The van der Waals surface area contributed by atoms with E-state index < -0.39 is 23.4 Å². The molecule has 1 aliphatic heterocycles. The summed E-state index contributed by atoms with van der Waals surface area (Å²) in [4.78, 5) is 39.5. The molecule has 1 fully saturated rings. The molecule has 0 bridgehead atoms. The number of aliphatic carboxylic acids is 1. The van der Waals surface area contributed by atoms with Crippen LogP contribution in [0.5, 0.6) is 0 Å². The van der Waals surface area contributed by atoms with Gasteiger partial charge in [0, 0.05) is 18.6 Å². The third-order valence-corrected chi connectivity index (χ3v) is 3.81. The molecule has 1 unspecified atom stereocenters. The number of likely N-dealkylation sites (tertiary alicyclic amines) is 1. The van der Waals surface area contributed by atoms with Crippen LogP contribution in [-0.4, -0.2) is 40.0 Å². The molecule has 1 aromatic carbocycles. The highest BCUT2D eigenvalue weighted by molar-refractivity contribution is 5.97. The van der Waals surface area contributed by atoms with Crippen LogP contribution in [-0.2, 0) is 4.79 Å². The molecule has 1 saturated heterocycles. The number of amides is 1. The Morgan fingerprint density at radius 1 is 1.27 bits per heavy atom. The van der Waals surface area contributed by atoms with Crippen LogP contribution in [0.1, 0.15) is 16.8 Å². The van der Waals surface area contributed by atoms with E-state index in [4.69, 9.17) is 5.11 Å². The van der Waals surface area contributed by atoms with E-state index >= 15 is 0 Å². The predicted molar refractivity (Wildman–Crippen MR) is 83.5 cm³/mol. The number of H-pyrrole nitrogens is 1. The molecule has 22 heavy (non-hydrogen) atoms. The van der Waals surface area contributed by atoms with Gasteiger partial charge in [-0.3, -0.25) is 14.4 Å². The number of nitrogens with zero attached hydrogens (tertiary/aromatic N) is 1. The number of carbonyl (C=O) groups is 2. The molecule has 3 rings (SSSR count). The average molecular weight is 323 g/mol. The summed E-state index contributed by atoms with van der Waals surface area (Å²) in [6, 6.07) is 8.76. The Morgan fingerprint density at radius 3 is 2.68 bits per heavy atom. The molecule has 1 aliphatic rings. The Balaban J connectivity index is 0.00000176. The van der Waals surface area contributed by atoms with Gasteiger partial charge in [0.25, 0.3) is 11.5 Å². The normalized spacial score (nSPS) is 17.3. The lowest BCUT2D eigenvalue weighted by Crippen LogP contribution is -2.33. The monoisotopic (exact) mass is 322 g/mol. The molecule has 1 aromatic heterocycles. The van der Waals surface area contributed by atoms with Crippen molar-refractivity contribution < 1.29 is 14.7 Å². The number of carboxylic acid groups (broad SMARTS) is 1. The Bertz CT molecular complexity index is 786. The summed E-state index contributed by atoms with van der Waals surface area (Å²) in [6.07, 6.45) is 0.423. The largest absolute Gasteiger partial charge is 0.481 e. The summed E-state index contributed by atoms with van der Waals surface area (Å²) >= 11 is 0. The Morgan fingerprint density at radius 2 is 2.00 bits per heavy atom. The molecule has 116 valence electrons. The van der Waals surface area contributed by atoms with E-state index in [0.29, 0.717) is 18.5 Å². The van der Waals surface area contributed by atoms with Gasteiger partial charge in [-0.15, -0.1) is 12.4 Å². The third-order valence-electron chi connectivity index (χ3n) is 3.81. The summed E-state index contributed by atoms with van der Waals surface area (Å²) < 4.78 is 0. The van der Waals surface area contributed by atoms with Gasteiger partial charge in [-0.1, -0.05) is 18.2 Å².